The lowest BCUT2D eigenvalue weighted by Crippen LogP contribution is -2.03. The van der Waals surface area contributed by atoms with E-state index in [1.54, 1.807) is 12.2 Å². The average molecular weight is 134 g/mol. The van der Waals surface area contributed by atoms with Crippen molar-refractivity contribution in [2.45, 2.75) is 13.8 Å². The van der Waals surface area contributed by atoms with Crippen molar-refractivity contribution < 1.29 is 4.79 Å². The summed E-state index contributed by atoms with van der Waals surface area (Å²) in [5.41, 5.74) is 2.76. The zero-order valence-corrected chi connectivity index (χ0v) is 6.27. The van der Waals surface area contributed by atoms with Crippen LogP contribution >= 0.6 is 0 Å². The van der Waals surface area contributed by atoms with Crippen molar-refractivity contribution in [1.82, 2.24) is 0 Å². The van der Waals surface area contributed by atoms with Crippen LogP contribution in [0.5, 0.6) is 0 Å². The molecule has 0 heterocycles. The van der Waals surface area contributed by atoms with Crippen LogP contribution in [-0.4, -0.2) is 5.78 Å². The highest BCUT2D eigenvalue weighted by molar-refractivity contribution is 6.06. The molecule has 0 saturated heterocycles. The molecule has 0 bridgehead atoms. The molecule has 0 aromatic heterocycles. The highest BCUT2D eigenvalue weighted by atomic mass is 16.1. The van der Waals surface area contributed by atoms with E-state index in [9.17, 15) is 4.79 Å². The summed E-state index contributed by atoms with van der Waals surface area (Å²) in [6.07, 6.45) is 3.31. The fourth-order valence-electron chi connectivity index (χ4n) is 0.852. The van der Waals surface area contributed by atoms with E-state index in [0.29, 0.717) is 0 Å². The van der Waals surface area contributed by atoms with Crippen molar-refractivity contribution >= 4 is 5.78 Å². The van der Waals surface area contributed by atoms with E-state index >= 15 is 0 Å². The molecule has 0 radical (unpaired) electrons. The van der Waals surface area contributed by atoms with E-state index in [2.05, 4.69) is 6.58 Å². The van der Waals surface area contributed by atoms with Gasteiger partial charge < -0.3 is 0 Å². The number of carbonyl (C=O) groups is 1. The molecule has 0 saturated carbocycles. The van der Waals surface area contributed by atoms with Gasteiger partial charge in [-0.2, -0.15) is 0 Å². The number of rotatable bonds is 0. The minimum atomic E-state index is 0.102. The van der Waals surface area contributed by atoms with Gasteiger partial charge in [0, 0.05) is 0 Å². The lowest BCUT2D eigenvalue weighted by Gasteiger charge is -2.09. The van der Waals surface area contributed by atoms with Crippen LogP contribution in [0.2, 0.25) is 0 Å². The van der Waals surface area contributed by atoms with E-state index in [1.165, 1.54) is 0 Å². The van der Waals surface area contributed by atoms with Gasteiger partial charge in [-0.3, -0.25) is 4.79 Å². The summed E-state index contributed by atoms with van der Waals surface area (Å²) >= 11 is 0. The molecule has 52 valence electrons. The third kappa shape index (κ3) is 0.947. The summed E-state index contributed by atoms with van der Waals surface area (Å²) in [5, 5.41) is 0. The Hall–Kier alpha value is -1.11. The second-order valence-corrected chi connectivity index (χ2v) is 2.47. The Bertz CT molecular complexity index is 228. The van der Waals surface area contributed by atoms with Crippen LogP contribution in [-0.2, 0) is 4.79 Å². The highest BCUT2D eigenvalue weighted by Crippen LogP contribution is 2.19. The topological polar surface area (TPSA) is 17.1 Å². The molecule has 1 rings (SSSR count). The normalized spacial score (nSPS) is 18.6. The van der Waals surface area contributed by atoms with Crippen LogP contribution in [0.1, 0.15) is 13.8 Å². The molecule has 1 heteroatoms. The fraction of sp³-hybridized carbons (Fsp3) is 0.222. The molecule has 0 aliphatic heterocycles. The predicted molar refractivity (Wildman–Crippen MR) is 41.7 cm³/mol. The van der Waals surface area contributed by atoms with E-state index < -0.39 is 0 Å². The molecule has 0 amide bonds. The lowest BCUT2D eigenvalue weighted by atomic mass is 9.95. The Labute approximate surface area is 60.7 Å². The Balaban J connectivity index is 3.12. The second-order valence-electron chi connectivity index (χ2n) is 2.47. The van der Waals surface area contributed by atoms with Gasteiger partial charge in [-0.15, -0.1) is 0 Å². The van der Waals surface area contributed by atoms with Gasteiger partial charge in [0.25, 0.3) is 0 Å². The summed E-state index contributed by atoms with van der Waals surface area (Å²) in [7, 11) is 0. The number of hydrogen-bond donors (Lipinski definition) is 0. The van der Waals surface area contributed by atoms with E-state index in [1.807, 2.05) is 13.8 Å². The van der Waals surface area contributed by atoms with E-state index in [-0.39, 0.29) is 5.78 Å². The molecule has 0 atom stereocenters. The second kappa shape index (κ2) is 2.25. The monoisotopic (exact) mass is 134 g/mol. The van der Waals surface area contributed by atoms with Crippen molar-refractivity contribution in [1.29, 1.82) is 0 Å². The fourth-order valence-corrected chi connectivity index (χ4v) is 0.852. The maximum absolute atomic E-state index is 11.0. The molecule has 0 unspecified atom stereocenters. The lowest BCUT2D eigenvalue weighted by molar-refractivity contribution is -0.111. The highest BCUT2D eigenvalue weighted by Gasteiger charge is 2.09. The van der Waals surface area contributed by atoms with Gasteiger partial charge in [0.1, 0.15) is 0 Å². The molecule has 1 nitrogen and oxygen atoms in total. The first-order chi connectivity index (χ1) is 4.63. The van der Waals surface area contributed by atoms with E-state index in [4.69, 9.17) is 0 Å². The van der Waals surface area contributed by atoms with Crippen LogP contribution < -0.4 is 0 Å². The zero-order valence-electron chi connectivity index (χ0n) is 6.27. The Kier molecular flexibility index (Phi) is 1.58. The predicted octanol–water partition coefficient (Wildman–Crippen LogP) is 2.02. The van der Waals surface area contributed by atoms with Crippen molar-refractivity contribution in [3.63, 3.8) is 0 Å². The van der Waals surface area contributed by atoms with E-state index in [0.717, 1.165) is 16.7 Å². The molecule has 0 N–H and O–H groups in total. The molecule has 0 spiro atoms. The first-order valence-corrected chi connectivity index (χ1v) is 3.22. The molecule has 0 fully saturated rings. The number of hydrogen-bond acceptors (Lipinski definition) is 1. The molecule has 1 aliphatic carbocycles. The van der Waals surface area contributed by atoms with Crippen molar-refractivity contribution in [3.8, 4) is 0 Å². The van der Waals surface area contributed by atoms with Crippen LogP contribution in [0.3, 0.4) is 0 Å². The van der Waals surface area contributed by atoms with Crippen LogP contribution in [0.4, 0.5) is 0 Å². The van der Waals surface area contributed by atoms with Crippen LogP contribution in [0.15, 0.2) is 35.5 Å². The number of allylic oxidation sites excluding steroid dienone is 5. The van der Waals surface area contributed by atoms with Gasteiger partial charge in [-0.1, -0.05) is 12.7 Å². The maximum atomic E-state index is 11.0. The van der Waals surface area contributed by atoms with Gasteiger partial charge in [0.15, 0.2) is 5.78 Å². The summed E-state index contributed by atoms with van der Waals surface area (Å²) in [6, 6.07) is 0. The van der Waals surface area contributed by atoms with Gasteiger partial charge in [-0.05, 0) is 36.6 Å². The summed E-state index contributed by atoms with van der Waals surface area (Å²) in [5.74, 6) is 0.102. The third-order valence-corrected chi connectivity index (χ3v) is 1.85. The Morgan fingerprint density at radius 3 is 2.30 bits per heavy atom. The molecular weight excluding hydrogens is 124 g/mol. The van der Waals surface area contributed by atoms with Crippen LogP contribution in [0.25, 0.3) is 0 Å². The Morgan fingerprint density at radius 1 is 1.20 bits per heavy atom. The standard InChI is InChI=1S/C9H10O/c1-6-4-5-9(10)8(3)7(6)2/h4-5H,1H2,2-3H3. The summed E-state index contributed by atoms with van der Waals surface area (Å²) < 4.78 is 0. The van der Waals surface area contributed by atoms with Gasteiger partial charge in [0.05, 0.1) is 0 Å². The van der Waals surface area contributed by atoms with Crippen LogP contribution in [0, 0.1) is 0 Å². The maximum Gasteiger partial charge on any atom is 0.181 e. The third-order valence-electron chi connectivity index (χ3n) is 1.85. The number of carbonyl (C=O) groups excluding carboxylic acids is 1. The summed E-state index contributed by atoms with van der Waals surface area (Å²) in [4.78, 5) is 11.0. The SMILES string of the molecule is C=C1C=CC(=O)C(C)=C1C. The smallest absolute Gasteiger partial charge is 0.181 e. The minimum Gasteiger partial charge on any atom is -0.290 e. The first kappa shape index (κ1) is 7.00. The minimum absolute atomic E-state index is 0.102. The molecule has 0 aromatic carbocycles. The Morgan fingerprint density at radius 2 is 1.80 bits per heavy atom. The van der Waals surface area contributed by atoms with Gasteiger partial charge >= 0.3 is 0 Å². The molecule has 0 aromatic rings. The van der Waals surface area contributed by atoms with Crippen molar-refractivity contribution in [3.05, 3.63) is 35.5 Å². The first-order valence-electron chi connectivity index (χ1n) is 3.22. The zero-order chi connectivity index (χ0) is 7.72. The molecule has 1 aliphatic rings. The number of ketones is 1. The largest absolute Gasteiger partial charge is 0.290 e. The van der Waals surface area contributed by atoms with Crippen molar-refractivity contribution in [2.24, 2.45) is 0 Å². The quantitative estimate of drug-likeness (QED) is 0.495. The summed E-state index contributed by atoms with van der Waals surface area (Å²) in [6.45, 7) is 7.52. The van der Waals surface area contributed by atoms with Gasteiger partial charge in [0.2, 0.25) is 0 Å². The average Bonchev–Trinajstić information content (AvgIpc) is 1.93. The van der Waals surface area contributed by atoms with Gasteiger partial charge in [-0.25, -0.2) is 0 Å². The van der Waals surface area contributed by atoms with Crippen molar-refractivity contribution in [2.75, 3.05) is 0 Å². The molecular formula is C9H10O. The molecule has 10 heavy (non-hydrogen) atoms.